The third kappa shape index (κ3) is 3.91. The van der Waals surface area contributed by atoms with Gasteiger partial charge in [-0.2, -0.15) is 0 Å². The number of fused-ring (bicyclic) bond motifs is 2. The van der Waals surface area contributed by atoms with E-state index in [1.807, 2.05) is 0 Å². The van der Waals surface area contributed by atoms with Gasteiger partial charge in [-0.05, 0) is 24.3 Å². The van der Waals surface area contributed by atoms with Crippen LogP contribution >= 0.6 is 46.4 Å². The molecule has 0 atom stereocenters. The van der Waals surface area contributed by atoms with Gasteiger partial charge in [0.25, 0.3) is 0 Å². The number of anilines is 4. The Balaban J connectivity index is 1.81. The van der Waals surface area contributed by atoms with Crippen molar-refractivity contribution in [2.24, 2.45) is 0 Å². The van der Waals surface area contributed by atoms with Crippen LogP contribution in [0.15, 0.2) is 60.7 Å². The van der Waals surface area contributed by atoms with Crippen LogP contribution in [0.5, 0.6) is 0 Å². The molecule has 0 aromatic heterocycles. The van der Waals surface area contributed by atoms with Crippen LogP contribution in [-0.2, 0) is 0 Å². The molecule has 0 heterocycles. The van der Waals surface area contributed by atoms with Gasteiger partial charge in [-0.15, -0.1) is 0 Å². The minimum absolute atomic E-state index is 0.0371. The molecule has 4 aromatic rings. The molecule has 5 rings (SSSR count). The van der Waals surface area contributed by atoms with Crippen molar-refractivity contribution < 1.29 is 18.4 Å². The zero-order valence-corrected chi connectivity index (χ0v) is 20.9. The average molecular weight is 564 g/mol. The Morgan fingerprint density at radius 1 is 0.500 bits per heavy atom. The monoisotopic (exact) mass is 562 g/mol. The van der Waals surface area contributed by atoms with Crippen LogP contribution in [0.1, 0.15) is 31.8 Å². The summed E-state index contributed by atoms with van der Waals surface area (Å²) in [6, 6.07) is 14.9. The number of hydrogen-bond acceptors (Lipinski definition) is 4. The van der Waals surface area contributed by atoms with Gasteiger partial charge in [0.1, 0.15) is 11.4 Å². The molecule has 4 nitrogen and oxygen atoms in total. The van der Waals surface area contributed by atoms with Crippen molar-refractivity contribution in [3.63, 3.8) is 0 Å². The lowest BCUT2D eigenvalue weighted by Gasteiger charge is -2.24. The Kier molecular flexibility index (Phi) is 6.39. The van der Waals surface area contributed by atoms with E-state index >= 15 is 8.78 Å². The summed E-state index contributed by atoms with van der Waals surface area (Å²) in [6.07, 6.45) is 0. The van der Waals surface area contributed by atoms with E-state index in [0.29, 0.717) is 0 Å². The summed E-state index contributed by atoms with van der Waals surface area (Å²) in [5, 5.41) is 5.82. The lowest BCUT2D eigenvalue weighted by molar-refractivity contribution is 0.0972. The summed E-state index contributed by atoms with van der Waals surface area (Å²) in [5.41, 5.74) is -2.41. The van der Waals surface area contributed by atoms with E-state index in [-0.39, 0.29) is 42.6 Å². The van der Waals surface area contributed by atoms with E-state index in [0.717, 1.165) is 0 Å². The Hall–Kier alpha value is -3.16. The fourth-order valence-corrected chi connectivity index (χ4v) is 4.97. The predicted molar refractivity (Wildman–Crippen MR) is 139 cm³/mol. The number of halogens is 6. The Morgan fingerprint density at radius 2 is 0.833 bits per heavy atom. The van der Waals surface area contributed by atoms with Crippen molar-refractivity contribution in [1.29, 1.82) is 0 Å². The van der Waals surface area contributed by atoms with Crippen molar-refractivity contribution in [1.82, 2.24) is 0 Å². The second kappa shape index (κ2) is 9.37. The van der Waals surface area contributed by atoms with E-state index in [9.17, 15) is 9.59 Å². The zero-order chi connectivity index (χ0) is 25.7. The van der Waals surface area contributed by atoms with Crippen molar-refractivity contribution in [3.8, 4) is 0 Å². The quantitative estimate of drug-likeness (QED) is 0.229. The summed E-state index contributed by atoms with van der Waals surface area (Å²) in [7, 11) is 0. The van der Waals surface area contributed by atoms with Crippen molar-refractivity contribution in [2.45, 2.75) is 0 Å². The smallest absolute Gasteiger partial charge is 0.197 e. The summed E-state index contributed by atoms with van der Waals surface area (Å²) < 4.78 is 32.3. The van der Waals surface area contributed by atoms with Gasteiger partial charge >= 0.3 is 0 Å². The summed E-state index contributed by atoms with van der Waals surface area (Å²) in [4.78, 5) is 26.5. The van der Waals surface area contributed by atoms with E-state index in [1.54, 1.807) is 12.1 Å². The molecule has 36 heavy (non-hydrogen) atoms. The predicted octanol–water partition coefficient (Wildman–Crippen LogP) is 8.84. The number of rotatable bonds is 4. The van der Waals surface area contributed by atoms with Crippen LogP contribution in [0.25, 0.3) is 0 Å². The summed E-state index contributed by atoms with van der Waals surface area (Å²) in [6.45, 7) is 0. The number of ketones is 2. The van der Waals surface area contributed by atoms with Gasteiger partial charge < -0.3 is 10.6 Å². The molecule has 0 saturated carbocycles. The Morgan fingerprint density at radius 3 is 1.17 bits per heavy atom. The number of benzene rings is 4. The first kappa shape index (κ1) is 24.5. The first-order chi connectivity index (χ1) is 17.2. The normalized spacial score (nSPS) is 12.3. The van der Waals surface area contributed by atoms with Crippen molar-refractivity contribution in [3.05, 3.63) is 115 Å². The maximum Gasteiger partial charge on any atom is 0.197 e. The van der Waals surface area contributed by atoms with Crippen molar-refractivity contribution in [2.75, 3.05) is 10.6 Å². The minimum atomic E-state index is -1.18. The number of carbonyl (C=O) groups excluding carboxylic acids is 2. The molecule has 1 aliphatic rings. The molecule has 0 bridgehead atoms. The SMILES string of the molecule is O=C1c2ccccc2C(=O)c2c(F)c(Nc3c(Cl)cccc3Cl)c(Nc3c(Cl)cccc3Cl)c(F)c21. The van der Waals surface area contributed by atoms with Crippen LogP contribution < -0.4 is 10.6 Å². The van der Waals surface area contributed by atoms with Crippen LogP contribution in [0.3, 0.4) is 0 Å². The van der Waals surface area contributed by atoms with Crippen LogP contribution in [-0.4, -0.2) is 11.6 Å². The van der Waals surface area contributed by atoms with Gasteiger partial charge in [-0.1, -0.05) is 82.8 Å². The molecular formula is C26H12Cl4F2N2O2. The molecule has 0 fully saturated rings. The topological polar surface area (TPSA) is 58.2 Å². The maximum atomic E-state index is 16.2. The highest BCUT2D eigenvalue weighted by Crippen LogP contribution is 2.45. The van der Waals surface area contributed by atoms with Crippen LogP contribution in [0.4, 0.5) is 31.5 Å². The third-order valence-electron chi connectivity index (χ3n) is 5.67. The van der Waals surface area contributed by atoms with Crippen molar-refractivity contribution >= 4 is 80.7 Å². The van der Waals surface area contributed by atoms with Crippen LogP contribution in [0.2, 0.25) is 20.1 Å². The molecule has 2 N–H and O–H groups in total. The minimum Gasteiger partial charge on any atom is -0.349 e. The van der Waals surface area contributed by atoms with Gasteiger partial charge in [0, 0.05) is 11.1 Å². The fourth-order valence-electron chi connectivity index (χ4n) is 3.98. The summed E-state index contributed by atoms with van der Waals surface area (Å²) in [5.74, 6) is -4.04. The van der Waals surface area contributed by atoms with E-state index < -0.39 is 45.7 Å². The van der Waals surface area contributed by atoms with Gasteiger partial charge in [0.15, 0.2) is 23.2 Å². The molecule has 1 aliphatic carbocycles. The number of nitrogens with one attached hydrogen (secondary N) is 2. The first-order valence-electron chi connectivity index (χ1n) is 10.4. The molecule has 4 aromatic carbocycles. The lowest BCUT2D eigenvalue weighted by atomic mass is 9.82. The number of carbonyl (C=O) groups is 2. The average Bonchev–Trinajstić information content (AvgIpc) is 2.85. The lowest BCUT2D eigenvalue weighted by Crippen LogP contribution is -2.25. The second-order valence-corrected chi connectivity index (χ2v) is 9.40. The number of para-hydroxylation sites is 2. The molecule has 0 aliphatic heterocycles. The summed E-state index contributed by atoms with van der Waals surface area (Å²) >= 11 is 25.0. The number of hydrogen-bond donors (Lipinski definition) is 2. The van der Waals surface area contributed by atoms with Crippen LogP contribution in [0, 0.1) is 11.6 Å². The highest BCUT2D eigenvalue weighted by molar-refractivity contribution is 6.40. The van der Waals surface area contributed by atoms with E-state index in [2.05, 4.69) is 10.6 Å². The third-order valence-corrected chi connectivity index (χ3v) is 6.93. The Bertz CT molecular complexity index is 1450. The van der Waals surface area contributed by atoms with Gasteiger partial charge in [-0.25, -0.2) is 8.78 Å². The Labute approximate surface area is 223 Å². The maximum absolute atomic E-state index is 16.2. The first-order valence-corrected chi connectivity index (χ1v) is 11.9. The van der Waals surface area contributed by atoms with Gasteiger partial charge in [-0.3, -0.25) is 9.59 Å². The van der Waals surface area contributed by atoms with Gasteiger partial charge in [0.2, 0.25) is 0 Å². The molecule has 0 amide bonds. The van der Waals surface area contributed by atoms with Gasteiger partial charge in [0.05, 0.1) is 42.6 Å². The molecular weight excluding hydrogens is 552 g/mol. The molecule has 0 saturated heterocycles. The fraction of sp³-hybridized carbons (Fsp3) is 0. The highest BCUT2D eigenvalue weighted by atomic mass is 35.5. The molecule has 0 unspecified atom stereocenters. The second-order valence-electron chi connectivity index (χ2n) is 7.78. The molecule has 180 valence electrons. The molecule has 0 spiro atoms. The highest BCUT2D eigenvalue weighted by Gasteiger charge is 2.38. The molecule has 0 radical (unpaired) electrons. The van der Waals surface area contributed by atoms with E-state index in [4.69, 9.17) is 46.4 Å². The molecule has 10 heteroatoms. The van der Waals surface area contributed by atoms with E-state index in [1.165, 1.54) is 48.5 Å². The largest absolute Gasteiger partial charge is 0.349 e. The standard InChI is InChI=1S/C26H12Cl4F2N2O2/c27-13-7-3-8-14(28)21(13)33-23-19(31)17-18(26(36)12-6-2-1-5-11(12)25(17)35)20(32)24(23)34-22-15(29)9-4-10-16(22)30/h1-10,33-34H. The zero-order valence-electron chi connectivity index (χ0n) is 17.9.